The van der Waals surface area contributed by atoms with Gasteiger partial charge in [-0.2, -0.15) is 13.2 Å². The molecule has 0 atom stereocenters. The molecule has 0 saturated heterocycles. The number of alkyl halides is 3. The molecule has 0 unspecified atom stereocenters. The summed E-state index contributed by atoms with van der Waals surface area (Å²) in [6.07, 6.45) is 3.36. The molecule has 1 fully saturated rings. The molecular weight excluding hydrogens is 351 g/mol. The van der Waals surface area contributed by atoms with Crippen LogP contribution in [-0.4, -0.2) is 48.8 Å². The molecule has 3 nitrogen and oxygen atoms in total. The van der Waals surface area contributed by atoms with Crippen molar-refractivity contribution in [3.05, 3.63) is 29.1 Å². The second kappa shape index (κ2) is 9.37. The van der Waals surface area contributed by atoms with Crippen molar-refractivity contribution in [1.82, 2.24) is 15.2 Å². The molecule has 1 aliphatic heterocycles. The van der Waals surface area contributed by atoms with E-state index in [4.69, 9.17) is 0 Å². The van der Waals surface area contributed by atoms with Crippen molar-refractivity contribution >= 4 is 0 Å². The van der Waals surface area contributed by atoms with E-state index in [1.807, 2.05) is 6.07 Å². The predicted octanol–water partition coefficient (Wildman–Crippen LogP) is 4.15. The summed E-state index contributed by atoms with van der Waals surface area (Å²) in [6, 6.07) is 4.48. The molecule has 3 rings (SSSR count). The summed E-state index contributed by atoms with van der Waals surface area (Å²) in [7, 11) is 2.06. The van der Waals surface area contributed by atoms with Gasteiger partial charge in [-0.1, -0.05) is 6.07 Å². The van der Waals surface area contributed by atoms with Crippen LogP contribution in [0.25, 0.3) is 0 Å². The Labute approximate surface area is 160 Å². The van der Waals surface area contributed by atoms with Crippen LogP contribution in [-0.2, 0) is 19.3 Å². The van der Waals surface area contributed by atoms with E-state index in [0.29, 0.717) is 11.7 Å². The Morgan fingerprint density at radius 2 is 1.85 bits per heavy atom. The first-order valence-electron chi connectivity index (χ1n) is 10.4. The van der Waals surface area contributed by atoms with E-state index in [9.17, 15) is 13.2 Å². The molecule has 0 aromatic carbocycles. The molecule has 6 heteroatoms. The van der Waals surface area contributed by atoms with Crippen molar-refractivity contribution in [3.8, 4) is 0 Å². The zero-order valence-electron chi connectivity index (χ0n) is 16.3. The van der Waals surface area contributed by atoms with Gasteiger partial charge in [-0.05, 0) is 76.1 Å². The summed E-state index contributed by atoms with van der Waals surface area (Å²) in [5.74, 6) is 0.840. The molecule has 2 aliphatic rings. The SMILES string of the molecule is CNC1CCC(CCN2CCc3ccc(CCC(F)(F)F)nc3CC2)CC1. The van der Waals surface area contributed by atoms with Gasteiger partial charge in [0, 0.05) is 43.4 Å². The summed E-state index contributed by atoms with van der Waals surface area (Å²) in [5.41, 5.74) is 2.79. The second-order valence-electron chi connectivity index (χ2n) is 8.16. The maximum Gasteiger partial charge on any atom is 0.389 e. The fourth-order valence-corrected chi connectivity index (χ4v) is 4.41. The van der Waals surface area contributed by atoms with Gasteiger partial charge in [0.15, 0.2) is 0 Å². The van der Waals surface area contributed by atoms with Crippen molar-refractivity contribution in [2.75, 3.05) is 26.7 Å². The summed E-state index contributed by atoms with van der Waals surface area (Å²) >= 11 is 0. The number of nitrogens with one attached hydrogen (secondary N) is 1. The van der Waals surface area contributed by atoms with Crippen LogP contribution in [0.15, 0.2) is 12.1 Å². The molecule has 1 aromatic rings. The summed E-state index contributed by atoms with van der Waals surface area (Å²) in [5, 5.41) is 3.39. The lowest BCUT2D eigenvalue weighted by Gasteiger charge is -2.30. The molecule has 0 radical (unpaired) electrons. The van der Waals surface area contributed by atoms with Gasteiger partial charge in [0.25, 0.3) is 0 Å². The minimum atomic E-state index is -4.11. The monoisotopic (exact) mass is 383 g/mol. The van der Waals surface area contributed by atoms with Gasteiger partial charge >= 0.3 is 6.18 Å². The Hall–Kier alpha value is -1.14. The van der Waals surface area contributed by atoms with Crippen molar-refractivity contribution in [2.45, 2.75) is 70.0 Å². The van der Waals surface area contributed by atoms with Gasteiger partial charge in [0.05, 0.1) is 0 Å². The number of pyridine rings is 1. The highest BCUT2D eigenvalue weighted by Crippen LogP contribution is 2.27. The van der Waals surface area contributed by atoms with Crippen LogP contribution in [0.3, 0.4) is 0 Å². The van der Waals surface area contributed by atoms with Crippen molar-refractivity contribution in [1.29, 1.82) is 0 Å². The van der Waals surface area contributed by atoms with Crippen LogP contribution in [0.5, 0.6) is 0 Å². The average Bonchev–Trinajstić information content (AvgIpc) is 2.86. The third-order valence-electron chi connectivity index (χ3n) is 6.26. The molecule has 27 heavy (non-hydrogen) atoms. The van der Waals surface area contributed by atoms with E-state index >= 15 is 0 Å². The first-order chi connectivity index (χ1) is 12.9. The molecule has 0 amide bonds. The third-order valence-corrected chi connectivity index (χ3v) is 6.26. The zero-order valence-corrected chi connectivity index (χ0v) is 16.3. The minimum absolute atomic E-state index is 0.0181. The number of aryl methyl sites for hydroxylation is 1. The third kappa shape index (κ3) is 6.46. The smallest absolute Gasteiger partial charge is 0.317 e. The van der Waals surface area contributed by atoms with E-state index in [1.165, 1.54) is 37.7 Å². The fraction of sp³-hybridized carbons (Fsp3) is 0.762. The normalized spacial score (nSPS) is 24.4. The second-order valence-corrected chi connectivity index (χ2v) is 8.16. The van der Waals surface area contributed by atoms with Crippen molar-refractivity contribution in [3.63, 3.8) is 0 Å². The van der Waals surface area contributed by atoms with Gasteiger partial charge in [-0.25, -0.2) is 0 Å². The fourth-order valence-electron chi connectivity index (χ4n) is 4.41. The predicted molar refractivity (Wildman–Crippen MR) is 102 cm³/mol. The minimum Gasteiger partial charge on any atom is -0.317 e. The molecule has 2 heterocycles. The zero-order chi connectivity index (χ0) is 19.3. The maximum absolute atomic E-state index is 12.4. The average molecular weight is 384 g/mol. The number of hydrogen-bond donors (Lipinski definition) is 1. The first kappa shape index (κ1) is 20.6. The Morgan fingerprint density at radius 1 is 1.11 bits per heavy atom. The number of aromatic nitrogens is 1. The van der Waals surface area contributed by atoms with Crippen LogP contribution in [0.2, 0.25) is 0 Å². The first-order valence-corrected chi connectivity index (χ1v) is 10.4. The topological polar surface area (TPSA) is 28.2 Å². The van der Waals surface area contributed by atoms with E-state index < -0.39 is 12.6 Å². The lowest BCUT2D eigenvalue weighted by atomic mass is 9.84. The standard InChI is InChI=1S/C21H32F3N3/c1-25-18-5-2-16(3-6-18)9-13-27-14-10-17-4-7-19(8-12-21(22,23)24)26-20(17)11-15-27/h4,7,16,18,25H,2-3,5-6,8-15H2,1H3. The van der Waals surface area contributed by atoms with Gasteiger partial charge < -0.3 is 10.2 Å². The van der Waals surface area contributed by atoms with Gasteiger partial charge in [-0.15, -0.1) is 0 Å². The number of hydrogen-bond acceptors (Lipinski definition) is 3. The lowest BCUT2D eigenvalue weighted by molar-refractivity contribution is -0.134. The number of rotatable bonds is 6. The van der Waals surface area contributed by atoms with Crippen molar-refractivity contribution < 1.29 is 13.2 Å². The Bertz CT molecular complexity index is 595. The van der Waals surface area contributed by atoms with Crippen LogP contribution >= 0.6 is 0 Å². The van der Waals surface area contributed by atoms with Gasteiger partial charge in [0.1, 0.15) is 0 Å². The molecule has 152 valence electrons. The number of halogens is 3. The maximum atomic E-state index is 12.4. The van der Waals surface area contributed by atoms with Crippen LogP contribution < -0.4 is 5.32 Å². The van der Waals surface area contributed by atoms with Crippen LogP contribution in [0, 0.1) is 5.92 Å². The molecule has 1 aliphatic carbocycles. The molecule has 1 aromatic heterocycles. The summed E-state index contributed by atoms with van der Waals surface area (Å²) < 4.78 is 37.3. The highest BCUT2D eigenvalue weighted by molar-refractivity contribution is 5.25. The highest BCUT2D eigenvalue weighted by atomic mass is 19.4. The molecule has 1 saturated carbocycles. The largest absolute Gasteiger partial charge is 0.389 e. The molecular formula is C21H32F3N3. The Morgan fingerprint density at radius 3 is 2.56 bits per heavy atom. The lowest BCUT2D eigenvalue weighted by Crippen LogP contribution is -2.33. The van der Waals surface area contributed by atoms with Gasteiger partial charge in [-0.3, -0.25) is 4.98 Å². The number of fused-ring (bicyclic) bond motifs is 1. The van der Waals surface area contributed by atoms with Crippen LogP contribution in [0.1, 0.15) is 55.5 Å². The Balaban J connectivity index is 1.46. The van der Waals surface area contributed by atoms with E-state index in [2.05, 4.69) is 22.2 Å². The quantitative estimate of drug-likeness (QED) is 0.800. The summed E-state index contributed by atoms with van der Waals surface area (Å²) in [4.78, 5) is 7.06. The van der Waals surface area contributed by atoms with Crippen molar-refractivity contribution in [2.24, 2.45) is 5.92 Å². The van der Waals surface area contributed by atoms with E-state index in [-0.39, 0.29) is 6.42 Å². The Kier molecular flexibility index (Phi) is 7.15. The highest BCUT2D eigenvalue weighted by Gasteiger charge is 2.27. The van der Waals surface area contributed by atoms with E-state index in [0.717, 1.165) is 44.1 Å². The molecule has 0 spiro atoms. The molecule has 0 bridgehead atoms. The molecule has 1 N–H and O–H groups in total. The van der Waals surface area contributed by atoms with E-state index in [1.54, 1.807) is 6.07 Å². The van der Waals surface area contributed by atoms with Gasteiger partial charge in [0.2, 0.25) is 0 Å². The summed E-state index contributed by atoms with van der Waals surface area (Å²) in [6.45, 7) is 3.13. The number of nitrogens with zero attached hydrogens (tertiary/aromatic N) is 2. The van der Waals surface area contributed by atoms with Crippen LogP contribution in [0.4, 0.5) is 13.2 Å².